The largest absolute Gasteiger partial charge is 0.313 e. The van der Waals surface area contributed by atoms with E-state index < -0.39 is 0 Å². The molecule has 1 aromatic carbocycles. The van der Waals surface area contributed by atoms with Crippen LogP contribution >= 0.6 is 0 Å². The van der Waals surface area contributed by atoms with E-state index in [0.29, 0.717) is 6.54 Å². The van der Waals surface area contributed by atoms with Gasteiger partial charge in [-0.2, -0.15) is 0 Å². The third kappa shape index (κ3) is 4.58. The van der Waals surface area contributed by atoms with Crippen LogP contribution in [0.25, 0.3) is 0 Å². The van der Waals surface area contributed by atoms with Gasteiger partial charge < -0.3 is 10.2 Å². The monoisotopic (exact) mass is 277 g/mol. The first kappa shape index (κ1) is 14.9. The predicted molar refractivity (Wildman–Crippen MR) is 79.6 cm³/mol. The number of piperidine rings is 1. The number of likely N-dealkylation sites (tertiary alicyclic amines) is 1. The predicted octanol–water partition coefficient (Wildman–Crippen LogP) is 2.42. The first-order valence-corrected chi connectivity index (χ1v) is 7.28. The SMILES string of the molecule is CN1CCC(CCNCc2cccc([N+](=O)[O-])c2)CC1. The summed E-state index contributed by atoms with van der Waals surface area (Å²) in [5.41, 5.74) is 1.14. The lowest BCUT2D eigenvalue weighted by Crippen LogP contribution is -2.31. The van der Waals surface area contributed by atoms with Crippen molar-refractivity contribution < 1.29 is 4.92 Å². The molecule has 0 aromatic heterocycles. The molecule has 0 spiro atoms. The van der Waals surface area contributed by atoms with Crippen molar-refractivity contribution in [3.63, 3.8) is 0 Å². The van der Waals surface area contributed by atoms with E-state index in [0.717, 1.165) is 18.0 Å². The van der Waals surface area contributed by atoms with Gasteiger partial charge in [-0.1, -0.05) is 12.1 Å². The fourth-order valence-corrected chi connectivity index (χ4v) is 2.67. The number of nitro benzene ring substituents is 1. The van der Waals surface area contributed by atoms with Crippen molar-refractivity contribution in [1.82, 2.24) is 10.2 Å². The molecule has 0 atom stereocenters. The summed E-state index contributed by atoms with van der Waals surface area (Å²) in [5, 5.41) is 14.1. The van der Waals surface area contributed by atoms with Gasteiger partial charge in [-0.25, -0.2) is 0 Å². The molecule has 110 valence electrons. The minimum atomic E-state index is -0.345. The lowest BCUT2D eigenvalue weighted by Gasteiger charge is -2.28. The molecule has 1 heterocycles. The number of benzene rings is 1. The van der Waals surface area contributed by atoms with Crippen molar-refractivity contribution >= 4 is 5.69 Å². The molecule has 1 aliphatic rings. The molecule has 0 amide bonds. The second-order valence-electron chi connectivity index (χ2n) is 5.64. The standard InChI is InChI=1S/C15H23N3O2/c1-17-9-6-13(7-10-17)5-8-16-12-14-3-2-4-15(11-14)18(19)20/h2-4,11,13,16H,5-10,12H2,1H3. The zero-order valence-electron chi connectivity index (χ0n) is 12.0. The van der Waals surface area contributed by atoms with Crippen LogP contribution in [0.2, 0.25) is 0 Å². The van der Waals surface area contributed by atoms with Crippen molar-refractivity contribution in [2.75, 3.05) is 26.7 Å². The summed E-state index contributed by atoms with van der Waals surface area (Å²) in [4.78, 5) is 12.7. The summed E-state index contributed by atoms with van der Waals surface area (Å²) in [6, 6.07) is 6.84. The molecule has 1 saturated heterocycles. The number of nitrogens with zero attached hydrogens (tertiary/aromatic N) is 2. The maximum Gasteiger partial charge on any atom is 0.269 e. The van der Waals surface area contributed by atoms with E-state index in [-0.39, 0.29) is 10.6 Å². The smallest absolute Gasteiger partial charge is 0.269 e. The summed E-state index contributed by atoms with van der Waals surface area (Å²) in [5.74, 6) is 0.823. The summed E-state index contributed by atoms with van der Waals surface area (Å²) >= 11 is 0. The Labute approximate surface area is 120 Å². The van der Waals surface area contributed by atoms with Crippen molar-refractivity contribution in [3.8, 4) is 0 Å². The van der Waals surface area contributed by atoms with Gasteiger partial charge in [0.2, 0.25) is 0 Å². The Balaban J connectivity index is 1.68. The molecule has 1 aliphatic heterocycles. The van der Waals surface area contributed by atoms with Gasteiger partial charge in [0.25, 0.3) is 5.69 Å². The van der Waals surface area contributed by atoms with Crippen LogP contribution in [0.1, 0.15) is 24.8 Å². The molecular formula is C15H23N3O2. The molecule has 0 unspecified atom stereocenters. The number of rotatable bonds is 6. The highest BCUT2D eigenvalue weighted by Gasteiger charge is 2.15. The van der Waals surface area contributed by atoms with E-state index >= 15 is 0 Å². The van der Waals surface area contributed by atoms with Crippen LogP contribution < -0.4 is 5.32 Å². The van der Waals surface area contributed by atoms with Gasteiger partial charge in [0.05, 0.1) is 4.92 Å². The van der Waals surface area contributed by atoms with Gasteiger partial charge in [-0.15, -0.1) is 0 Å². The quantitative estimate of drug-likeness (QED) is 0.493. The van der Waals surface area contributed by atoms with Gasteiger partial charge in [0.1, 0.15) is 0 Å². The zero-order chi connectivity index (χ0) is 14.4. The second-order valence-corrected chi connectivity index (χ2v) is 5.64. The molecule has 0 radical (unpaired) electrons. The topological polar surface area (TPSA) is 58.4 Å². The molecule has 0 aliphatic carbocycles. The van der Waals surface area contributed by atoms with Crippen molar-refractivity contribution in [3.05, 3.63) is 39.9 Å². The van der Waals surface area contributed by atoms with Crippen LogP contribution in [-0.2, 0) is 6.54 Å². The van der Waals surface area contributed by atoms with E-state index in [9.17, 15) is 10.1 Å². The lowest BCUT2D eigenvalue weighted by molar-refractivity contribution is -0.384. The third-order valence-electron chi connectivity index (χ3n) is 4.02. The van der Waals surface area contributed by atoms with Crippen molar-refractivity contribution in [2.24, 2.45) is 5.92 Å². The van der Waals surface area contributed by atoms with Gasteiger partial charge in [0.15, 0.2) is 0 Å². The Kier molecular flexibility index (Phi) is 5.49. The highest BCUT2D eigenvalue weighted by molar-refractivity contribution is 5.34. The van der Waals surface area contributed by atoms with Crippen LogP contribution in [0.5, 0.6) is 0 Å². The highest BCUT2D eigenvalue weighted by atomic mass is 16.6. The molecule has 0 saturated carbocycles. The van der Waals surface area contributed by atoms with E-state index in [4.69, 9.17) is 0 Å². The Morgan fingerprint density at radius 2 is 2.15 bits per heavy atom. The minimum Gasteiger partial charge on any atom is -0.313 e. The maximum absolute atomic E-state index is 10.7. The number of nitrogens with one attached hydrogen (secondary N) is 1. The van der Waals surface area contributed by atoms with E-state index in [1.807, 2.05) is 6.07 Å². The molecule has 5 heteroatoms. The Morgan fingerprint density at radius 1 is 1.40 bits per heavy atom. The fourth-order valence-electron chi connectivity index (χ4n) is 2.67. The second kappa shape index (κ2) is 7.36. The third-order valence-corrected chi connectivity index (χ3v) is 4.02. The van der Waals surface area contributed by atoms with Gasteiger partial charge in [-0.05, 0) is 57.4 Å². The Morgan fingerprint density at radius 3 is 2.85 bits per heavy atom. The number of nitro groups is 1. The summed E-state index contributed by atoms with van der Waals surface area (Å²) < 4.78 is 0. The first-order valence-electron chi connectivity index (χ1n) is 7.28. The number of hydrogen-bond donors (Lipinski definition) is 1. The van der Waals surface area contributed by atoms with E-state index in [1.54, 1.807) is 12.1 Å². The van der Waals surface area contributed by atoms with Gasteiger partial charge >= 0.3 is 0 Å². The average molecular weight is 277 g/mol. The molecule has 2 rings (SSSR count). The molecule has 5 nitrogen and oxygen atoms in total. The van der Waals surface area contributed by atoms with Crippen LogP contribution in [0.4, 0.5) is 5.69 Å². The number of hydrogen-bond acceptors (Lipinski definition) is 4. The van der Waals surface area contributed by atoms with Gasteiger partial charge in [-0.3, -0.25) is 10.1 Å². The van der Waals surface area contributed by atoms with Crippen molar-refractivity contribution in [1.29, 1.82) is 0 Å². The molecule has 1 N–H and O–H groups in total. The molecule has 1 aromatic rings. The lowest BCUT2D eigenvalue weighted by atomic mass is 9.94. The zero-order valence-corrected chi connectivity index (χ0v) is 12.0. The fraction of sp³-hybridized carbons (Fsp3) is 0.600. The Bertz CT molecular complexity index is 442. The summed E-state index contributed by atoms with van der Waals surface area (Å²) in [6.45, 7) is 4.09. The highest BCUT2D eigenvalue weighted by Crippen LogP contribution is 2.19. The van der Waals surface area contributed by atoms with Crippen LogP contribution in [0.3, 0.4) is 0 Å². The summed E-state index contributed by atoms with van der Waals surface area (Å²) in [6.07, 6.45) is 3.77. The van der Waals surface area contributed by atoms with Gasteiger partial charge in [0, 0.05) is 18.7 Å². The maximum atomic E-state index is 10.7. The first-order chi connectivity index (χ1) is 9.65. The van der Waals surface area contributed by atoms with E-state index in [1.165, 1.54) is 38.4 Å². The molecular weight excluding hydrogens is 254 g/mol. The van der Waals surface area contributed by atoms with E-state index in [2.05, 4.69) is 17.3 Å². The van der Waals surface area contributed by atoms with Crippen molar-refractivity contribution in [2.45, 2.75) is 25.8 Å². The minimum absolute atomic E-state index is 0.166. The van der Waals surface area contributed by atoms with Crippen LogP contribution in [0, 0.1) is 16.0 Å². The van der Waals surface area contributed by atoms with Crippen LogP contribution in [-0.4, -0.2) is 36.5 Å². The normalized spacial score (nSPS) is 17.2. The average Bonchev–Trinajstić information content (AvgIpc) is 2.46. The molecule has 20 heavy (non-hydrogen) atoms. The summed E-state index contributed by atoms with van der Waals surface area (Å²) in [7, 11) is 2.18. The molecule has 0 bridgehead atoms. The van der Waals surface area contributed by atoms with Crippen LogP contribution in [0.15, 0.2) is 24.3 Å². The molecule has 1 fully saturated rings. The number of non-ortho nitro benzene ring substituents is 1. The Hall–Kier alpha value is -1.46.